The molecule has 0 saturated heterocycles. The third kappa shape index (κ3) is 3.71. The van der Waals surface area contributed by atoms with E-state index in [0.29, 0.717) is 5.92 Å². The number of rotatable bonds is 4. The van der Waals surface area contributed by atoms with Gasteiger partial charge in [0, 0.05) is 26.2 Å². The summed E-state index contributed by atoms with van der Waals surface area (Å²) in [5.41, 5.74) is 0. The van der Waals surface area contributed by atoms with Gasteiger partial charge in [0.1, 0.15) is 11.6 Å². The first kappa shape index (κ1) is 15.5. The van der Waals surface area contributed by atoms with Crippen molar-refractivity contribution in [3.63, 3.8) is 0 Å². The van der Waals surface area contributed by atoms with Crippen LogP contribution in [0.2, 0.25) is 0 Å². The van der Waals surface area contributed by atoms with Crippen molar-refractivity contribution in [2.24, 2.45) is 5.92 Å². The Morgan fingerprint density at radius 2 is 1.79 bits per heavy atom. The fourth-order valence-electron chi connectivity index (χ4n) is 1.53. The van der Waals surface area contributed by atoms with E-state index in [2.05, 4.69) is 15.3 Å². The third-order valence-electron chi connectivity index (χ3n) is 3.16. The maximum Gasteiger partial charge on any atom is 0.451 e. The van der Waals surface area contributed by atoms with Gasteiger partial charge in [-0.3, -0.25) is 0 Å². The van der Waals surface area contributed by atoms with Crippen LogP contribution in [0.3, 0.4) is 0 Å². The number of aromatic nitrogens is 2. The summed E-state index contributed by atoms with van der Waals surface area (Å²) in [5, 5.41) is 2.63. The van der Waals surface area contributed by atoms with Gasteiger partial charge in [-0.1, -0.05) is 13.8 Å². The molecule has 1 heterocycles. The largest absolute Gasteiger partial charge is 0.451 e. The highest BCUT2D eigenvalue weighted by molar-refractivity contribution is 5.49. The summed E-state index contributed by atoms with van der Waals surface area (Å²) in [7, 11) is 3.25. The Kier molecular flexibility index (Phi) is 4.60. The van der Waals surface area contributed by atoms with Gasteiger partial charge < -0.3 is 10.2 Å². The second-order valence-electron chi connectivity index (χ2n) is 4.78. The van der Waals surface area contributed by atoms with Crippen molar-refractivity contribution < 1.29 is 13.2 Å². The Hall–Kier alpha value is -1.53. The number of alkyl halides is 3. The van der Waals surface area contributed by atoms with Crippen molar-refractivity contribution in [1.82, 2.24) is 9.97 Å². The molecule has 4 nitrogen and oxygen atoms in total. The summed E-state index contributed by atoms with van der Waals surface area (Å²) in [6.45, 7) is 5.96. The van der Waals surface area contributed by atoms with E-state index >= 15 is 0 Å². The molecule has 0 fully saturated rings. The van der Waals surface area contributed by atoms with Gasteiger partial charge in [0.2, 0.25) is 5.82 Å². The van der Waals surface area contributed by atoms with Gasteiger partial charge in [0.05, 0.1) is 0 Å². The molecule has 1 aromatic rings. The Bertz CT molecular complexity index is 431. The molecule has 19 heavy (non-hydrogen) atoms. The fourth-order valence-corrected chi connectivity index (χ4v) is 1.53. The average molecular weight is 276 g/mol. The average Bonchev–Trinajstić information content (AvgIpc) is 2.35. The molecule has 0 spiro atoms. The first-order valence-corrected chi connectivity index (χ1v) is 6.03. The zero-order valence-electron chi connectivity index (χ0n) is 11.7. The summed E-state index contributed by atoms with van der Waals surface area (Å²) in [6, 6.07) is 1.58. The third-order valence-corrected chi connectivity index (χ3v) is 3.16. The molecule has 1 unspecified atom stereocenters. The molecule has 0 bridgehead atoms. The summed E-state index contributed by atoms with van der Waals surface area (Å²) in [5.74, 6) is -0.419. The Morgan fingerprint density at radius 3 is 2.21 bits per heavy atom. The minimum absolute atomic E-state index is 0.0701. The molecule has 0 saturated carbocycles. The van der Waals surface area contributed by atoms with Crippen molar-refractivity contribution in [2.45, 2.75) is 33.0 Å². The minimum atomic E-state index is -4.55. The summed E-state index contributed by atoms with van der Waals surface area (Å²) >= 11 is 0. The van der Waals surface area contributed by atoms with Gasteiger partial charge in [0.25, 0.3) is 0 Å². The highest BCUT2D eigenvalue weighted by atomic mass is 19.4. The lowest BCUT2D eigenvalue weighted by atomic mass is 10.1. The lowest BCUT2D eigenvalue weighted by molar-refractivity contribution is -0.144. The Balaban J connectivity index is 3.20. The minimum Gasteiger partial charge on any atom is -0.373 e. The molecular weight excluding hydrogens is 257 g/mol. The number of nitrogens with zero attached hydrogens (tertiary/aromatic N) is 3. The van der Waals surface area contributed by atoms with E-state index in [9.17, 15) is 13.2 Å². The van der Waals surface area contributed by atoms with Gasteiger partial charge in [-0.15, -0.1) is 0 Å². The number of nitrogens with one attached hydrogen (secondary N) is 1. The number of hydrogen-bond acceptors (Lipinski definition) is 4. The fraction of sp³-hybridized carbons (Fsp3) is 0.667. The van der Waals surface area contributed by atoms with Crippen molar-refractivity contribution in [3.05, 3.63) is 11.9 Å². The number of hydrogen-bond donors (Lipinski definition) is 1. The first-order valence-electron chi connectivity index (χ1n) is 6.03. The molecule has 1 atom stereocenters. The van der Waals surface area contributed by atoms with Crippen molar-refractivity contribution >= 4 is 11.6 Å². The van der Waals surface area contributed by atoms with Crippen LogP contribution >= 0.6 is 0 Å². The maximum atomic E-state index is 12.7. The smallest absolute Gasteiger partial charge is 0.373 e. The number of halogens is 3. The molecular formula is C12H19F3N4. The van der Waals surface area contributed by atoms with Gasteiger partial charge in [-0.25, -0.2) is 9.97 Å². The van der Waals surface area contributed by atoms with Gasteiger partial charge in [-0.05, 0) is 12.8 Å². The van der Waals surface area contributed by atoms with E-state index in [4.69, 9.17) is 0 Å². The van der Waals surface area contributed by atoms with Crippen LogP contribution in [0.5, 0.6) is 0 Å². The maximum absolute atomic E-state index is 12.7. The highest BCUT2D eigenvalue weighted by Crippen LogP contribution is 2.29. The normalized spacial score (nSPS) is 13.5. The topological polar surface area (TPSA) is 41.0 Å². The molecule has 0 amide bonds. The van der Waals surface area contributed by atoms with Crippen LogP contribution < -0.4 is 10.2 Å². The highest BCUT2D eigenvalue weighted by Gasteiger charge is 2.36. The van der Waals surface area contributed by atoms with E-state index in [1.54, 1.807) is 11.9 Å². The molecule has 1 rings (SSSR count). The second-order valence-corrected chi connectivity index (χ2v) is 4.78. The quantitative estimate of drug-likeness (QED) is 0.917. The SMILES string of the molecule is CNc1cc(N(C)C(C)C(C)C)nc(C(F)(F)F)n1. The van der Waals surface area contributed by atoms with E-state index < -0.39 is 12.0 Å². The van der Waals surface area contributed by atoms with Crippen LogP contribution in [-0.2, 0) is 6.18 Å². The summed E-state index contributed by atoms with van der Waals surface area (Å²) in [4.78, 5) is 8.77. The lowest BCUT2D eigenvalue weighted by Gasteiger charge is -2.29. The standard InChI is InChI=1S/C12H19F3N4/c1-7(2)8(3)19(5)10-6-9(16-4)17-11(18-10)12(13,14)15/h6-8H,1-5H3,(H,16,17,18). The molecule has 0 aliphatic heterocycles. The zero-order chi connectivity index (χ0) is 14.8. The van der Waals surface area contributed by atoms with Crippen LogP contribution in [0.15, 0.2) is 6.07 Å². The van der Waals surface area contributed by atoms with Crippen molar-refractivity contribution in [3.8, 4) is 0 Å². The molecule has 1 N–H and O–H groups in total. The van der Waals surface area contributed by atoms with Crippen molar-refractivity contribution in [2.75, 3.05) is 24.3 Å². The summed E-state index contributed by atoms with van der Waals surface area (Å²) < 4.78 is 38.2. The molecule has 0 aliphatic rings. The lowest BCUT2D eigenvalue weighted by Crippen LogP contribution is -2.34. The Labute approximate surface area is 111 Å². The van der Waals surface area contributed by atoms with Gasteiger partial charge >= 0.3 is 6.18 Å². The molecule has 0 aromatic carbocycles. The second kappa shape index (κ2) is 5.63. The van der Waals surface area contributed by atoms with E-state index in [1.807, 2.05) is 20.8 Å². The zero-order valence-corrected chi connectivity index (χ0v) is 11.7. The van der Waals surface area contributed by atoms with Crippen LogP contribution in [0.4, 0.5) is 24.8 Å². The predicted molar refractivity (Wildman–Crippen MR) is 69.3 cm³/mol. The molecule has 0 radical (unpaired) electrons. The van der Waals surface area contributed by atoms with Crippen LogP contribution in [0.1, 0.15) is 26.6 Å². The van der Waals surface area contributed by atoms with E-state index in [-0.39, 0.29) is 17.7 Å². The van der Waals surface area contributed by atoms with Gasteiger partial charge in [0.15, 0.2) is 0 Å². The van der Waals surface area contributed by atoms with Crippen LogP contribution in [0, 0.1) is 5.92 Å². The monoisotopic (exact) mass is 276 g/mol. The van der Waals surface area contributed by atoms with E-state index in [1.165, 1.54) is 13.1 Å². The first-order chi connectivity index (χ1) is 8.66. The molecule has 7 heteroatoms. The molecule has 0 aliphatic carbocycles. The predicted octanol–water partition coefficient (Wildman–Crippen LogP) is 3.02. The molecule has 1 aromatic heterocycles. The Morgan fingerprint density at radius 1 is 1.21 bits per heavy atom. The summed E-state index contributed by atoms with van der Waals surface area (Å²) in [6.07, 6.45) is -4.55. The van der Waals surface area contributed by atoms with Crippen LogP contribution in [-0.4, -0.2) is 30.1 Å². The van der Waals surface area contributed by atoms with E-state index in [0.717, 1.165) is 0 Å². The van der Waals surface area contributed by atoms with Crippen molar-refractivity contribution in [1.29, 1.82) is 0 Å². The number of anilines is 2. The van der Waals surface area contributed by atoms with Crippen LogP contribution in [0.25, 0.3) is 0 Å². The molecule has 108 valence electrons. The van der Waals surface area contributed by atoms with Gasteiger partial charge in [-0.2, -0.15) is 13.2 Å².